The van der Waals surface area contributed by atoms with E-state index in [9.17, 15) is 4.79 Å². The average Bonchev–Trinajstić information content (AvgIpc) is 2.68. The molecule has 0 saturated heterocycles. The van der Waals surface area contributed by atoms with Crippen LogP contribution in [0.25, 0.3) is 0 Å². The van der Waals surface area contributed by atoms with Gasteiger partial charge in [-0.05, 0) is 32.0 Å². The molecule has 0 fully saturated rings. The molecule has 1 heterocycles. The van der Waals surface area contributed by atoms with Gasteiger partial charge < -0.3 is 9.47 Å². The van der Waals surface area contributed by atoms with Crippen LogP contribution in [-0.4, -0.2) is 31.4 Å². The zero-order valence-corrected chi connectivity index (χ0v) is 10.2. The van der Waals surface area contributed by atoms with Gasteiger partial charge in [-0.15, -0.1) is 0 Å². The Morgan fingerprint density at radius 1 is 1.47 bits per heavy atom. The second kappa shape index (κ2) is 4.20. The number of aldehydes is 1. The lowest BCUT2D eigenvalue weighted by Crippen LogP contribution is -2.17. The summed E-state index contributed by atoms with van der Waals surface area (Å²) in [7, 11) is 1.54. The third-order valence-electron chi connectivity index (χ3n) is 2.57. The molecule has 1 aromatic carbocycles. The minimum Gasteiger partial charge on any atom is -0.496 e. The molecular weight excluding hydrogens is 218 g/mol. The van der Waals surface area contributed by atoms with Crippen molar-refractivity contribution >= 4 is 12.2 Å². The molecule has 0 unspecified atom stereocenters. The molecule has 0 atom stereocenters. The zero-order valence-electron chi connectivity index (χ0n) is 10.2. The van der Waals surface area contributed by atoms with Crippen molar-refractivity contribution in [2.75, 3.05) is 13.7 Å². The maximum Gasteiger partial charge on any atom is 0.216 e. The monoisotopic (exact) mass is 233 g/mol. The van der Waals surface area contributed by atoms with Crippen LogP contribution in [0.3, 0.4) is 0 Å². The Morgan fingerprint density at radius 3 is 2.76 bits per heavy atom. The minimum atomic E-state index is -0.198. The Bertz CT molecular complexity index is 478. The Labute approximate surface area is 100 Å². The van der Waals surface area contributed by atoms with E-state index >= 15 is 0 Å². The highest BCUT2D eigenvalue weighted by Crippen LogP contribution is 2.24. The molecule has 2 rings (SSSR count). The number of ether oxygens (including phenoxy) is 2. The summed E-state index contributed by atoms with van der Waals surface area (Å²) in [5, 5.41) is 0. The van der Waals surface area contributed by atoms with E-state index in [-0.39, 0.29) is 5.54 Å². The normalized spacial score (nSPS) is 17.2. The van der Waals surface area contributed by atoms with Crippen molar-refractivity contribution in [2.24, 2.45) is 4.99 Å². The van der Waals surface area contributed by atoms with Gasteiger partial charge in [0.05, 0.1) is 18.2 Å². The molecular formula is C13H15NO3. The average molecular weight is 233 g/mol. The fourth-order valence-corrected chi connectivity index (χ4v) is 1.69. The highest BCUT2D eigenvalue weighted by atomic mass is 16.5. The third-order valence-corrected chi connectivity index (χ3v) is 2.57. The van der Waals surface area contributed by atoms with Crippen molar-refractivity contribution in [2.45, 2.75) is 19.4 Å². The van der Waals surface area contributed by atoms with Crippen molar-refractivity contribution in [3.8, 4) is 5.75 Å². The SMILES string of the molecule is COc1ccc(C2=NC(C)(C)CO2)cc1C=O. The first-order valence-corrected chi connectivity index (χ1v) is 5.42. The number of hydrogen-bond acceptors (Lipinski definition) is 4. The number of rotatable bonds is 3. The van der Waals surface area contributed by atoms with Crippen LogP contribution >= 0.6 is 0 Å². The van der Waals surface area contributed by atoms with Gasteiger partial charge in [-0.3, -0.25) is 4.79 Å². The molecule has 0 aromatic heterocycles. The fourth-order valence-electron chi connectivity index (χ4n) is 1.69. The summed E-state index contributed by atoms with van der Waals surface area (Å²) in [5.74, 6) is 1.14. The van der Waals surface area contributed by atoms with Gasteiger partial charge in [-0.25, -0.2) is 4.99 Å². The van der Waals surface area contributed by atoms with Gasteiger partial charge >= 0.3 is 0 Å². The van der Waals surface area contributed by atoms with Crippen molar-refractivity contribution in [1.29, 1.82) is 0 Å². The standard InChI is InChI=1S/C13H15NO3/c1-13(2)8-17-12(14-13)9-4-5-11(16-3)10(6-9)7-15/h4-7H,8H2,1-3H3. The number of benzene rings is 1. The number of aliphatic imine (C=N–C) groups is 1. The van der Waals surface area contributed by atoms with Crippen LogP contribution in [0.4, 0.5) is 0 Å². The molecule has 0 aliphatic carbocycles. The molecule has 4 nitrogen and oxygen atoms in total. The van der Waals surface area contributed by atoms with Gasteiger partial charge in [0, 0.05) is 5.56 Å². The zero-order chi connectivity index (χ0) is 12.5. The van der Waals surface area contributed by atoms with Gasteiger partial charge in [0.25, 0.3) is 0 Å². The largest absolute Gasteiger partial charge is 0.496 e. The summed E-state index contributed by atoms with van der Waals surface area (Å²) in [6.07, 6.45) is 0.767. The predicted octanol–water partition coefficient (Wildman–Crippen LogP) is 2.06. The van der Waals surface area contributed by atoms with E-state index in [2.05, 4.69) is 4.99 Å². The molecule has 1 aromatic rings. The first-order chi connectivity index (χ1) is 8.05. The molecule has 0 N–H and O–H groups in total. The van der Waals surface area contributed by atoms with E-state index in [4.69, 9.17) is 9.47 Å². The van der Waals surface area contributed by atoms with Gasteiger partial charge in [0.1, 0.15) is 12.4 Å². The molecule has 0 bridgehead atoms. The molecule has 4 heteroatoms. The smallest absolute Gasteiger partial charge is 0.216 e. The topological polar surface area (TPSA) is 47.9 Å². The summed E-state index contributed by atoms with van der Waals surface area (Å²) < 4.78 is 10.6. The summed E-state index contributed by atoms with van der Waals surface area (Å²) in [6.45, 7) is 4.57. The van der Waals surface area contributed by atoms with E-state index in [1.54, 1.807) is 12.1 Å². The second-order valence-electron chi connectivity index (χ2n) is 4.59. The number of nitrogens with zero attached hydrogens (tertiary/aromatic N) is 1. The maximum absolute atomic E-state index is 10.9. The Balaban J connectivity index is 2.38. The first-order valence-electron chi connectivity index (χ1n) is 5.42. The second-order valence-corrected chi connectivity index (χ2v) is 4.59. The first kappa shape index (κ1) is 11.6. The molecule has 90 valence electrons. The van der Waals surface area contributed by atoms with Crippen molar-refractivity contribution in [3.63, 3.8) is 0 Å². The molecule has 0 spiro atoms. The minimum absolute atomic E-state index is 0.198. The number of carbonyl (C=O) groups is 1. The van der Waals surface area contributed by atoms with Crippen LogP contribution in [0.2, 0.25) is 0 Å². The summed E-state index contributed by atoms with van der Waals surface area (Å²) in [6, 6.07) is 5.31. The van der Waals surface area contributed by atoms with Crippen LogP contribution in [0.5, 0.6) is 5.75 Å². The van der Waals surface area contributed by atoms with E-state index in [1.807, 2.05) is 19.9 Å². The van der Waals surface area contributed by atoms with Crippen LogP contribution < -0.4 is 4.74 Å². The van der Waals surface area contributed by atoms with E-state index in [0.717, 1.165) is 11.8 Å². The molecule has 0 radical (unpaired) electrons. The summed E-state index contributed by atoms with van der Waals surface area (Å²) in [4.78, 5) is 15.4. The van der Waals surface area contributed by atoms with Crippen LogP contribution in [0.15, 0.2) is 23.2 Å². The maximum atomic E-state index is 10.9. The molecule has 17 heavy (non-hydrogen) atoms. The number of hydrogen-bond donors (Lipinski definition) is 0. The van der Waals surface area contributed by atoms with E-state index < -0.39 is 0 Å². The van der Waals surface area contributed by atoms with Crippen LogP contribution in [0.1, 0.15) is 29.8 Å². The quantitative estimate of drug-likeness (QED) is 0.751. The lowest BCUT2D eigenvalue weighted by molar-refractivity contribution is 0.112. The van der Waals surface area contributed by atoms with E-state index in [0.29, 0.717) is 23.8 Å². The van der Waals surface area contributed by atoms with Crippen molar-refractivity contribution in [1.82, 2.24) is 0 Å². The van der Waals surface area contributed by atoms with Gasteiger partial charge in [0.15, 0.2) is 6.29 Å². The lowest BCUT2D eigenvalue weighted by Gasteiger charge is -2.07. The van der Waals surface area contributed by atoms with E-state index in [1.165, 1.54) is 7.11 Å². The van der Waals surface area contributed by atoms with Gasteiger partial charge in [-0.1, -0.05) is 0 Å². The van der Waals surface area contributed by atoms with Gasteiger partial charge in [0.2, 0.25) is 5.90 Å². The molecule has 0 amide bonds. The Hall–Kier alpha value is -1.84. The highest BCUT2D eigenvalue weighted by Gasteiger charge is 2.27. The summed E-state index contributed by atoms with van der Waals surface area (Å²) >= 11 is 0. The van der Waals surface area contributed by atoms with Gasteiger partial charge in [-0.2, -0.15) is 0 Å². The van der Waals surface area contributed by atoms with Crippen molar-refractivity contribution in [3.05, 3.63) is 29.3 Å². The van der Waals surface area contributed by atoms with Crippen LogP contribution in [0, 0.1) is 0 Å². The summed E-state index contributed by atoms with van der Waals surface area (Å²) in [5.41, 5.74) is 1.11. The highest BCUT2D eigenvalue weighted by molar-refractivity contribution is 5.97. The fraction of sp³-hybridized carbons (Fsp3) is 0.385. The van der Waals surface area contributed by atoms with Crippen LogP contribution in [-0.2, 0) is 4.74 Å². The number of methoxy groups -OCH3 is 1. The Kier molecular flexibility index (Phi) is 2.88. The number of carbonyl (C=O) groups excluding carboxylic acids is 1. The predicted molar refractivity (Wildman–Crippen MR) is 64.9 cm³/mol. The Morgan fingerprint density at radius 2 is 2.24 bits per heavy atom. The molecule has 1 aliphatic rings. The third kappa shape index (κ3) is 2.30. The molecule has 0 saturated carbocycles. The van der Waals surface area contributed by atoms with Crippen molar-refractivity contribution < 1.29 is 14.3 Å². The lowest BCUT2D eigenvalue weighted by atomic mass is 10.1. The molecule has 1 aliphatic heterocycles.